The van der Waals surface area contributed by atoms with Crippen LogP contribution in [0.1, 0.15) is 31.4 Å². The summed E-state index contributed by atoms with van der Waals surface area (Å²) >= 11 is 0. The van der Waals surface area contributed by atoms with E-state index in [2.05, 4.69) is 0 Å². The van der Waals surface area contributed by atoms with E-state index in [1.807, 2.05) is 98.8 Å². The Morgan fingerprint density at radius 2 is 1.00 bits per heavy atom. The van der Waals surface area contributed by atoms with Gasteiger partial charge in [-0.2, -0.15) is 0 Å². The smallest absolute Gasteiger partial charge is 0.108 e. The van der Waals surface area contributed by atoms with Crippen molar-refractivity contribution in [2.24, 2.45) is 0 Å². The van der Waals surface area contributed by atoms with Gasteiger partial charge in [-0.3, -0.25) is 0 Å². The second-order valence-corrected chi connectivity index (χ2v) is 6.82. The Labute approximate surface area is 149 Å². The minimum Gasteiger partial charge on any atom is -0.381 e. The average molecular weight is 332 g/mol. The molecular weight excluding hydrogens is 308 g/mol. The molecule has 0 saturated carbocycles. The van der Waals surface area contributed by atoms with Crippen molar-refractivity contribution >= 4 is 0 Å². The zero-order chi connectivity index (χ0) is 17.9. The lowest BCUT2D eigenvalue weighted by atomic mass is 9.79. The first-order valence-electron chi connectivity index (χ1n) is 8.55. The molecule has 2 unspecified atom stereocenters. The minimum absolute atomic E-state index is 0.497. The molecule has 0 saturated heterocycles. The van der Waals surface area contributed by atoms with Crippen LogP contribution in [0.4, 0.5) is 0 Å². The molecule has 1 aliphatic carbocycles. The molecule has 2 heteroatoms. The summed E-state index contributed by atoms with van der Waals surface area (Å²) in [6, 6.07) is 19.3. The Hall–Kier alpha value is -2.42. The van der Waals surface area contributed by atoms with Crippen LogP contribution in [0.15, 0.2) is 96.1 Å². The van der Waals surface area contributed by atoms with Crippen LogP contribution >= 0.6 is 0 Å². The van der Waals surface area contributed by atoms with E-state index in [-0.39, 0.29) is 0 Å². The molecule has 128 valence electrons. The molecule has 0 radical (unpaired) electrons. The highest BCUT2D eigenvalue weighted by atomic mass is 16.3. The highest BCUT2D eigenvalue weighted by molar-refractivity contribution is 5.43. The molecule has 0 fully saturated rings. The first kappa shape index (κ1) is 17.4. The van der Waals surface area contributed by atoms with Crippen LogP contribution in [0.25, 0.3) is 0 Å². The molecule has 0 aliphatic heterocycles. The van der Waals surface area contributed by atoms with Gasteiger partial charge in [-0.25, -0.2) is 0 Å². The topological polar surface area (TPSA) is 40.5 Å². The molecule has 2 aromatic carbocycles. The number of benzene rings is 2. The van der Waals surface area contributed by atoms with Gasteiger partial charge in [0.1, 0.15) is 11.2 Å². The summed E-state index contributed by atoms with van der Waals surface area (Å²) in [4.78, 5) is 0. The number of allylic oxidation sites excluding steroid dienone is 4. The summed E-state index contributed by atoms with van der Waals surface area (Å²) in [5, 5.41) is 22.4. The molecule has 3 rings (SSSR count). The summed E-state index contributed by atoms with van der Waals surface area (Å²) in [7, 11) is 0. The van der Waals surface area contributed by atoms with Crippen molar-refractivity contribution in [3.05, 3.63) is 107 Å². The van der Waals surface area contributed by atoms with E-state index in [1.165, 1.54) is 0 Å². The van der Waals surface area contributed by atoms with Gasteiger partial charge in [0.15, 0.2) is 0 Å². The van der Waals surface area contributed by atoms with Crippen LogP contribution in [0.5, 0.6) is 0 Å². The second-order valence-electron chi connectivity index (χ2n) is 6.82. The van der Waals surface area contributed by atoms with Crippen LogP contribution in [0, 0.1) is 0 Å². The largest absolute Gasteiger partial charge is 0.381 e. The van der Waals surface area contributed by atoms with Crippen molar-refractivity contribution in [3.63, 3.8) is 0 Å². The van der Waals surface area contributed by atoms with Crippen molar-refractivity contribution < 1.29 is 10.2 Å². The van der Waals surface area contributed by atoms with Gasteiger partial charge in [-0.05, 0) is 42.5 Å². The van der Waals surface area contributed by atoms with Crippen LogP contribution in [-0.4, -0.2) is 10.2 Å². The van der Waals surface area contributed by atoms with E-state index in [1.54, 1.807) is 0 Å². The van der Waals surface area contributed by atoms with E-state index in [0.29, 0.717) is 6.42 Å². The standard InChI is InChI=1S/C23H24O2/c1-22(24,18-11-5-3-6-12-18)20-15-9-10-16-21(17-20)23(2,25)19-13-7-4-8-14-19/h3-16,24-25H,17H2,1-2H3. The Balaban J connectivity index is 1.95. The molecule has 0 bridgehead atoms. The van der Waals surface area contributed by atoms with Gasteiger partial charge in [0.05, 0.1) is 0 Å². The predicted octanol–water partition coefficient (Wildman–Crippen LogP) is 4.61. The molecule has 2 aromatic rings. The Bertz CT molecular complexity index is 740. The lowest BCUT2D eigenvalue weighted by Gasteiger charge is -2.32. The third-order valence-corrected chi connectivity index (χ3v) is 5.01. The van der Waals surface area contributed by atoms with Gasteiger partial charge in [0.25, 0.3) is 0 Å². The molecule has 2 nitrogen and oxygen atoms in total. The molecule has 0 aromatic heterocycles. The van der Waals surface area contributed by atoms with Crippen molar-refractivity contribution in [2.45, 2.75) is 31.5 Å². The predicted molar refractivity (Wildman–Crippen MR) is 102 cm³/mol. The van der Waals surface area contributed by atoms with Gasteiger partial charge >= 0.3 is 0 Å². The second kappa shape index (κ2) is 6.83. The van der Waals surface area contributed by atoms with E-state index in [9.17, 15) is 10.2 Å². The first-order valence-corrected chi connectivity index (χ1v) is 8.55. The van der Waals surface area contributed by atoms with Crippen LogP contribution in [-0.2, 0) is 11.2 Å². The third kappa shape index (κ3) is 3.51. The first-order chi connectivity index (χ1) is 11.9. The molecular formula is C23H24O2. The average Bonchev–Trinajstić information content (AvgIpc) is 2.90. The zero-order valence-corrected chi connectivity index (χ0v) is 14.7. The van der Waals surface area contributed by atoms with Crippen molar-refractivity contribution in [1.29, 1.82) is 0 Å². The fourth-order valence-corrected chi connectivity index (χ4v) is 3.23. The fraction of sp³-hybridized carbons (Fsp3) is 0.217. The van der Waals surface area contributed by atoms with E-state index in [4.69, 9.17) is 0 Å². The molecule has 1 aliphatic rings. The Morgan fingerprint density at radius 1 is 0.640 bits per heavy atom. The number of aliphatic hydroxyl groups is 2. The fourth-order valence-electron chi connectivity index (χ4n) is 3.23. The van der Waals surface area contributed by atoms with Gasteiger partial charge in [0, 0.05) is 0 Å². The third-order valence-electron chi connectivity index (χ3n) is 5.01. The molecule has 2 N–H and O–H groups in total. The van der Waals surface area contributed by atoms with Crippen LogP contribution in [0.2, 0.25) is 0 Å². The monoisotopic (exact) mass is 332 g/mol. The molecule has 25 heavy (non-hydrogen) atoms. The maximum Gasteiger partial charge on any atom is 0.108 e. The van der Waals surface area contributed by atoms with E-state index >= 15 is 0 Å². The maximum absolute atomic E-state index is 11.2. The van der Waals surface area contributed by atoms with Gasteiger partial charge in [-0.15, -0.1) is 0 Å². The highest BCUT2D eigenvalue weighted by Crippen LogP contribution is 2.39. The van der Waals surface area contributed by atoms with Gasteiger partial charge in [0.2, 0.25) is 0 Å². The molecule has 0 amide bonds. The number of hydrogen-bond donors (Lipinski definition) is 2. The van der Waals surface area contributed by atoms with Crippen molar-refractivity contribution in [1.82, 2.24) is 0 Å². The summed E-state index contributed by atoms with van der Waals surface area (Å²) in [6.07, 6.45) is 8.22. The maximum atomic E-state index is 11.2. The highest BCUT2D eigenvalue weighted by Gasteiger charge is 2.34. The summed E-state index contributed by atoms with van der Waals surface area (Å²) < 4.78 is 0. The Kier molecular flexibility index (Phi) is 4.76. The molecule has 0 spiro atoms. The SMILES string of the molecule is CC(O)(C1=CC=CC=C(C(C)(O)c2ccccc2)C1)c1ccccc1. The minimum atomic E-state index is -1.10. The van der Waals surface area contributed by atoms with E-state index in [0.717, 1.165) is 22.3 Å². The lowest BCUT2D eigenvalue weighted by molar-refractivity contribution is 0.0803. The van der Waals surface area contributed by atoms with Gasteiger partial charge < -0.3 is 10.2 Å². The normalized spacial score (nSPS) is 19.2. The molecule has 2 atom stereocenters. The zero-order valence-electron chi connectivity index (χ0n) is 14.7. The van der Waals surface area contributed by atoms with Crippen LogP contribution in [0.3, 0.4) is 0 Å². The van der Waals surface area contributed by atoms with E-state index < -0.39 is 11.2 Å². The Morgan fingerprint density at radius 3 is 1.36 bits per heavy atom. The van der Waals surface area contributed by atoms with Crippen molar-refractivity contribution in [3.8, 4) is 0 Å². The van der Waals surface area contributed by atoms with Gasteiger partial charge in [-0.1, -0.05) is 85.0 Å². The summed E-state index contributed by atoms with van der Waals surface area (Å²) in [5.41, 5.74) is 1.21. The quantitative estimate of drug-likeness (QED) is 0.858. The summed E-state index contributed by atoms with van der Waals surface area (Å²) in [5.74, 6) is 0. The number of rotatable bonds is 4. The summed E-state index contributed by atoms with van der Waals surface area (Å²) in [6.45, 7) is 3.62. The lowest BCUT2D eigenvalue weighted by Crippen LogP contribution is -2.29. The van der Waals surface area contributed by atoms with Crippen molar-refractivity contribution in [2.75, 3.05) is 0 Å². The van der Waals surface area contributed by atoms with Crippen LogP contribution < -0.4 is 0 Å². The number of hydrogen-bond acceptors (Lipinski definition) is 2. The molecule has 0 heterocycles.